The molecule has 0 saturated carbocycles. The van der Waals surface area contributed by atoms with Gasteiger partial charge in [0.25, 0.3) is 0 Å². The van der Waals surface area contributed by atoms with E-state index in [2.05, 4.69) is 15.3 Å². The molecule has 0 saturated heterocycles. The van der Waals surface area contributed by atoms with Crippen LogP contribution in [0.15, 0.2) is 30.7 Å². The normalized spacial score (nSPS) is 11.9. The van der Waals surface area contributed by atoms with E-state index in [1.54, 1.807) is 45.3 Å². The van der Waals surface area contributed by atoms with Gasteiger partial charge in [-0.05, 0) is 44.5 Å². The Hall–Kier alpha value is -2.74. The van der Waals surface area contributed by atoms with E-state index < -0.39 is 17.7 Å². The molecule has 0 unspecified atom stereocenters. The SMILES string of the molecule is CC(C)(C)OC(=O)Nc1ncc(/C(=C/c2ccncc2)C(=O)O)s1. The number of thiazole rings is 1. The van der Waals surface area contributed by atoms with Crippen molar-refractivity contribution < 1.29 is 19.4 Å². The van der Waals surface area contributed by atoms with Gasteiger partial charge in [0.15, 0.2) is 5.13 Å². The second-order valence-corrected chi connectivity index (χ2v) is 6.83. The van der Waals surface area contributed by atoms with Crippen LogP contribution in [0.2, 0.25) is 0 Å². The molecule has 0 aliphatic heterocycles. The number of carboxylic acids is 1. The van der Waals surface area contributed by atoms with Crippen molar-refractivity contribution in [2.75, 3.05) is 5.32 Å². The second-order valence-electron chi connectivity index (χ2n) is 5.80. The van der Waals surface area contributed by atoms with Crippen LogP contribution in [-0.4, -0.2) is 32.7 Å². The molecule has 2 aromatic rings. The molecule has 8 heteroatoms. The number of rotatable bonds is 4. The van der Waals surface area contributed by atoms with Crippen molar-refractivity contribution in [2.45, 2.75) is 26.4 Å². The van der Waals surface area contributed by atoms with Gasteiger partial charge in [-0.15, -0.1) is 0 Å². The lowest BCUT2D eigenvalue weighted by Crippen LogP contribution is -2.27. The van der Waals surface area contributed by atoms with Crippen LogP contribution in [0.4, 0.5) is 9.93 Å². The summed E-state index contributed by atoms with van der Waals surface area (Å²) < 4.78 is 5.13. The van der Waals surface area contributed by atoms with Gasteiger partial charge in [0.05, 0.1) is 10.5 Å². The summed E-state index contributed by atoms with van der Waals surface area (Å²) in [5.74, 6) is -1.08. The maximum absolute atomic E-state index is 11.7. The zero-order chi connectivity index (χ0) is 17.7. The molecule has 0 bridgehead atoms. The highest BCUT2D eigenvalue weighted by molar-refractivity contribution is 7.17. The number of aliphatic carboxylic acids is 1. The number of nitrogens with one attached hydrogen (secondary N) is 1. The van der Waals surface area contributed by atoms with Crippen molar-refractivity contribution in [3.8, 4) is 0 Å². The number of carboxylic acid groups (broad SMARTS) is 1. The molecule has 0 aromatic carbocycles. The molecule has 2 heterocycles. The van der Waals surface area contributed by atoms with E-state index in [4.69, 9.17) is 4.74 Å². The van der Waals surface area contributed by atoms with Gasteiger partial charge in [-0.1, -0.05) is 11.3 Å². The molecular weight excluding hydrogens is 330 g/mol. The van der Waals surface area contributed by atoms with E-state index in [9.17, 15) is 14.7 Å². The van der Waals surface area contributed by atoms with Crippen molar-refractivity contribution in [3.63, 3.8) is 0 Å². The fourth-order valence-electron chi connectivity index (χ4n) is 1.71. The standard InChI is InChI=1S/C16H17N3O4S/c1-16(2,3)23-15(22)19-14-18-9-12(24-14)11(13(20)21)8-10-4-6-17-7-5-10/h4-9H,1-3H3,(H,20,21)(H,18,19,22)/b11-8-. The number of hydrogen-bond donors (Lipinski definition) is 2. The first kappa shape index (κ1) is 17.6. The Labute approximate surface area is 143 Å². The molecule has 2 aromatic heterocycles. The van der Waals surface area contributed by atoms with Gasteiger partial charge in [-0.2, -0.15) is 0 Å². The molecule has 0 atom stereocenters. The maximum Gasteiger partial charge on any atom is 0.413 e. The molecule has 0 aliphatic rings. The van der Waals surface area contributed by atoms with Gasteiger partial charge in [-0.25, -0.2) is 14.6 Å². The first-order valence-corrected chi connectivity index (χ1v) is 7.87. The summed E-state index contributed by atoms with van der Waals surface area (Å²) in [6, 6.07) is 3.40. The Morgan fingerprint density at radius 3 is 2.54 bits per heavy atom. The largest absolute Gasteiger partial charge is 0.478 e. The molecule has 0 aliphatic carbocycles. The zero-order valence-electron chi connectivity index (χ0n) is 13.4. The van der Waals surface area contributed by atoms with Crippen molar-refractivity contribution >= 4 is 40.2 Å². The fourth-order valence-corrected chi connectivity index (χ4v) is 2.52. The van der Waals surface area contributed by atoms with Crippen LogP contribution in [0, 0.1) is 0 Å². The first-order chi connectivity index (χ1) is 11.2. The average Bonchev–Trinajstić information content (AvgIpc) is 2.91. The summed E-state index contributed by atoms with van der Waals surface area (Å²) >= 11 is 1.06. The topological polar surface area (TPSA) is 101 Å². The number of carbonyl (C=O) groups is 2. The van der Waals surface area contributed by atoms with E-state index >= 15 is 0 Å². The number of pyridine rings is 1. The predicted octanol–water partition coefficient (Wildman–Crippen LogP) is 3.51. The predicted molar refractivity (Wildman–Crippen MR) is 91.7 cm³/mol. The smallest absolute Gasteiger partial charge is 0.413 e. The monoisotopic (exact) mass is 347 g/mol. The van der Waals surface area contributed by atoms with Crippen molar-refractivity contribution in [2.24, 2.45) is 0 Å². The Bertz CT molecular complexity index is 763. The molecule has 0 spiro atoms. The zero-order valence-corrected chi connectivity index (χ0v) is 14.3. The third-order valence-corrected chi connectivity index (χ3v) is 3.57. The van der Waals surface area contributed by atoms with Crippen molar-refractivity contribution in [1.29, 1.82) is 0 Å². The minimum Gasteiger partial charge on any atom is -0.478 e. The first-order valence-electron chi connectivity index (χ1n) is 7.06. The Morgan fingerprint density at radius 2 is 1.96 bits per heavy atom. The highest BCUT2D eigenvalue weighted by atomic mass is 32.1. The van der Waals surface area contributed by atoms with E-state index in [1.165, 1.54) is 12.3 Å². The number of amides is 1. The van der Waals surface area contributed by atoms with Crippen LogP contribution >= 0.6 is 11.3 Å². The molecule has 2 rings (SSSR count). The van der Waals surface area contributed by atoms with E-state index in [1.807, 2.05) is 0 Å². The minimum absolute atomic E-state index is 0.0796. The number of aromatic nitrogens is 2. The Morgan fingerprint density at radius 1 is 1.29 bits per heavy atom. The maximum atomic E-state index is 11.7. The lowest BCUT2D eigenvalue weighted by atomic mass is 10.1. The highest BCUT2D eigenvalue weighted by Gasteiger charge is 2.19. The van der Waals surface area contributed by atoms with E-state index in [0.717, 1.165) is 11.3 Å². The minimum atomic E-state index is -1.08. The van der Waals surface area contributed by atoms with Gasteiger partial charge in [0.1, 0.15) is 5.60 Å². The molecule has 24 heavy (non-hydrogen) atoms. The molecular formula is C16H17N3O4S. The summed E-state index contributed by atoms with van der Waals surface area (Å²) in [6.45, 7) is 5.25. The Balaban J connectivity index is 2.19. The summed E-state index contributed by atoms with van der Waals surface area (Å²) in [6.07, 6.45) is 5.44. The van der Waals surface area contributed by atoms with Crippen molar-refractivity contribution in [1.82, 2.24) is 9.97 Å². The highest BCUT2D eigenvalue weighted by Crippen LogP contribution is 2.27. The average molecular weight is 347 g/mol. The Kier molecular flexibility index (Phi) is 5.30. The lowest BCUT2D eigenvalue weighted by molar-refractivity contribution is -0.130. The van der Waals surface area contributed by atoms with Gasteiger partial charge < -0.3 is 9.84 Å². The van der Waals surface area contributed by atoms with Crippen LogP contribution < -0.4 is 5.32 Å². The van der Waals surface area contributed by atoms with Crippen LogP contribution in [0.25, 0.3) is 11.6 Å². The molecule has 126 valence electrons. The summed E-state index contributed by atoms with van der Waals surface area (Å²) in [7, 11) is 0. The summed E-state index contributed by atoms with van der Waals surface area (Å²) in [5.41, 5.74) is 0.158. The number of hydrogen-bond acceptors (Lipinski definition) is 6. The van der Waals surface area contributed by atoms with Crippen LogP contribution in [-0.2, 0) is 9.53 Å². The van der Waals surface area contributed by atoms with Crippen LogP contribution in [0.1, 0.15) is 31.2 Å². The molecule has 2 N–H and O–H groups in total. The third-order valence-electron chi connectivity index (χ3n) is 2.63. The summed E-state index contributed by atoms with van der Waals surface area (Å²) in [5, 5.41) is 12.2. The lowest BCUT2D eigenvalue weighted by Gasteiger charge is -2.18. The molecule has 0 fully saturated rings. The fraction of sp³-hybridized carbons (Fsp3) is 0.250. The van der Waals surface area contributed by atoms with Gasteiger partial charge in [0.2, 0.25) is 0 Å². The van der Waals surface area contributed by atoms with Crippen LogP contribution in [0.5, 0.6) is 0 Å². The number of anilines is 1. The van der Waals surface area contributed by atoms with Gasteiger partial charge in [0, 0.05) is 18.6 Å². The van der Waals surface area contributed by atoms with Crippen LogP contribution in [0.3, 0.4) is 0 Å². The molecule has 1 amide bonds. The van der Waals surface area contributed by atoms with E-state index in [0.29, 0.717) is 10.4 Å². The van der Waals surface area contributed by atoms with Gasteiger partial charge in [-0.3, -0.25) is 10.3 Å². The van der Waals surface area contributed by atoms with Crippen molar-refractivity contribution in [3.05, 3.63) is 41.2 Å². The third kappa shape index (κ3) is 5.17. The quantitative estimate of drug-likeness (QED) is 0.821. The number of ether oxygens (including phenoxy) is 1. The molecule has 7 nitrogen and oxygen atoms in total. The molecule has 0 radical (unpaired) electrons. The van der Waals surface area contributed by atoms with E-state index in [-0.39, 0.29) is 10.7 Å². The summed E-state index contributed by atoms with van der Waals surface area (Å²) in [4.78, 5) is 31.6. The number of nitrogens with zero attached hydrogens (tertiary/aromatic N) is 2. The van der Waals surface area contributed by atoms with Gasteiger partial charge >= 0.3 is 12.1 Å². The second kappa shape index (κ2) is 7.22. The number of carbonyl (C=O) groups excluding carboxylic acids is 1.